The summed E-state index contributed by atoms with van der Waals surface area (Å²) in [5, 5.41) is 11.0. The van der Waals surface area contributed by atoms with Gasteiger partial charge >= 0.3 is 11.9 Å². The van der Waals surface area contributed by atoms with Crippen LogP contribution in [0.5, 0.6) is 0 Å². The van der Waals surface area contributed by atoms with Gasteiger partial charge in [0.15, 0.2) is 11.8 Å². The third kappa shape index (κ3) is 10.7. The van der Waals surface area contributed by atoms with Crippen LogP contribution in [0.15, 0.2) is 16.6 Å². The Balaban J connectivity index is -0.000000315. The number of nitrogens with zero attached hydrogens (tertiary/aromatic N) is 1. The number of halogens is 1. The van der Waals surface area contributed by atoms with Gasteiger partial charge in [0, 0.05) is 0 Å². The zero-order valence-corrected chi connectivity index (χ0v) is 13.6. The number of aliphatic hydroxyl groups excluding tert-OH is 1. The molecule has 0 saturated carbocycles. The Morgan fingerprint density at radius 2 is 1.59 bits per heavy atom. The van der Waals surface area contributed by atoms with Crippen LogP contribution in [0.25, 0.3) is 0 Å². The van der Waals surface area contributed by atoms with E-state index in [-0.39, 0.29) is 31.4 Å². The first-order valence-electron chi connectivity index (χ1n) is 6.05. The summed E-state index contributed by atoms with van der Waals surface area (Å²) in [6.07, 6.45) is 0. The van der Waals surface area contributed by atoms with Crippen molar-refractivity contribution in [3.05, 3.63) is 16.4 Å². The number of ether oxygens (including phenoxy) is 2. The molecule has 0 heterocycles. The molecule has 9 nitrogen and oxygen atoms in total. The second-order valence-electron chi connectivity index (χ2n) is 3.59. The van der Waals surface area contributed by atoms with E-state index in [1.165, 1.54) is 13.8 Å². The van der Waals surface area contributed by atoms with E-state index >= 15 is 0 Å². The summed E-state index contributed by atoms with van der Waals surface area (Å²) in [5.41, 5.74) is 4.55. The maximum absolute atomic E-state index is 10.7. The minimum atomic E-state index is -1.11. The predicted molar refractivity (Wildman–Crippen MR) is 80.3 cm³/mol. The van der Waals surface area contributed by atoms with Crippen molar-refractivity contribution in [2.24, 2.45) is 10.9 Å². The SMILES string of the molecule is CCOC(=O)C(N)C(C)=O.CCOC(=O)C(N=O)=C(C)O.Cl. The summed E-state index contributed by atoms with van der Waals surface area (Å²) in [6.45, 7) is 6.08. The number of ketones is 1. The lowest BCUT2D eigenvalue weighted by Gasteiger charge is -2.05. The Morgan fingerprint density at radius 1 is 1.14 bits per heavy atom. The molecule has 0 radical (unpaired) electrons. The monoisotopic (exact) mass is 340 g/mol. The third-order valence-electron chi connectivity index (χ3n) is 1.88. The van der Waals surface area contributed by atoms with Crippen molar-refractivity contribution in [1.29, 1.82) is 0 Å². The quantitative estimate of drug-likeness (QED) is 0.239. The highest BCUT2D eigenvalue weighted by molar-refractivity contribution is 6.01. The lowest BCUT2D eigenvalue weighted by Crippen LogP contribution is -2.38. The minimum Gasteiger partial charge on any atom is -0.510 e. The van der Waals surface area contributed by atoms with E-state index in [0.29, 0.717) is 0 Å². The molecular formula is C12H21ClN2O7. The van der Waals surface area contributed by atoms with Gasteiger partial charge in [-0.25, -0.2) is 9.59 Å². The molecule has 1 unspecified atom stereocenters. The van der Waals surface area contributed by atoms with E-state index in [1.807, 2.05) is 0 Å². The smallest absolute Gasteiger partial charge is 0.364 e. The minimum absolute atomic E-state index is 0. The van der Waals surface area contributed by atoms with Crippen LogP contribution in [0.1, 0.15) is 27.7 Å². The second-order valence-corrected chi connectivity index (χ2v) is 3.59. The first-order valence-corrected chi connectivity index (χ1v) is 6.05. The fourth-order valence-electron chi connectivity index (χ4n) is 0.848. The third-order valence-corrected chi connectivity index (χ3v) is 1.88. The predicted octanol–water partition coefficient (Wildman–Crippen LogP) is 0.993. The zero-order chi connectivity index (χ0) is 17.0. The first kappa shape index (κ1) is 25.0. The Kier molecular flexibility index (Phi) is 15.9. The molecule has 0 aliphatic rings. The average Bonchev–Trinajstić information content (AvgIpc) is 2.39. The van der Waals surface area contributed by atoms with E-state index in [0.717, 1.165) is 0 Å². The highest BCUT2D eigenvalue weighted by Gasteiger charge is 2.18. The summed E-state index contributed by atoms with van der Waals surface area (Å²) >= 11 is 0. The number of carbonyl (C=O) groups excluding carboxylic acids is 3. The van der Waals surface area contributed by atoms with Gasteiger partial charge in [0.1, 0.15) is 5.76 Å². The molecule has 22 heavy (non-hydrogen) atoms. The van der Waals surface area contributed by atoms with E-state index in [9.17, 15) is 19.3 Å². The van der Waals surface area contributed by atoms with E-state index in [1.54, 1.807) is 13.8 Å². The van der Waals surface area contributed by atoms with Crippen LogP contribution in [0.3, 0.4) is 0 Å². The molecule has 0 aliphatic heterocycles. The standard InChI is InChI=1S/C6H9NO4.C6H11NO3.ClH/c1-3-11-6(9)5(7-10)4(2)8;1-3-10-6(9)5(7)4(2)8;/h8H,3H2,1-2H3;5H,3,7H2,1-2H3;1H. The van der Waals surface area contributed by atoms with Gasteiger partial charge in [-0.15, -0.1) is 17.3 Å². The molecule has 0 fully saturated rings. The van der Waals surface area contributed by atoms with Gasteiger partial charge < -0.3 is 20.3 Å². The number of nitroso groups, excluding NO2 is 1. The Bertz CT molecular complexity index is 420. The molecule has 0 aromatic heterocycles. The molecular weight excluding hydrogens is 320 g/mol. The molecule has 0 aromatic carbocycles. The van der Waals surface area contributed by atoms with Gasteiger partial charge in [0.05, 0.1) is 13.2 Å². The molecule has 3 N–H and O–H groups in total. The lowest BCUT2D eigenvalue weighted by molar-refractivity contribution is -0.147. The Morgan fingerprint density at radius 3 is 1.86 bits per heavy atom. The van der Waals surface area contributed by atoms with Crippen LogP contribution >= 0.6 is 12.4 Å². The van der Waals surface area contributed by atoms with Gasteiger partial charge in [0.25, 0.3) is 0 Å². The maximum atomic E-state index is 10.7. The number of carbonyl (C=O) groups is 3. The molecule has 10 heteroatoms. The average molecular weight is 341 g/mol. The zero-order valence-electron chi connectivity index (χ0n) is 12.8. The van der Waals surface area contributed by atoms with Crippen molar-refractivity contribution in [3.8, 4) is 0 Å². The van der Waals surface area contributed by atoms with E-state index in [2.05, 4.69) is 14.7 Å². The van der Waals surface area contributed by atoms with Gasteiger partial charge in [-0.2, -0.15) is 0 Å². The molecule has 1 atom stereocenters. The summed E-state index contributed by atoms with van der Waals surface area (Å²) < 4.78 is 8.89. The number of esters is 2. The highest BCUT2D eigenvalue weighted by atomic mass is 35.5. The van der Waals surface area contributed by atoms with Gasteiger partial charge in [-0.3, -0.25) is 4.79 Å². The summed E-state index contributed by atoms with van der Waals surface area (Å²) in [6, 6.07) is -1.11. The van der Waals surface area contributed by atoms with Gasteiger partial charge in [-0.1, -0.05) is 0 Å². The van der Waals surface area contributed by atoms with Crippen LogP contribution in [-0.4, -0.2) is 42.1 Å². The summed E-state index contributed by atoms with van der Waals surface area (Å²) in [4.78, 5) is 41.6. The number of rotatable bonds is 6. The van der Waals surface area contributed by atoms with Crippen molar-refractivity contribution in [1.82, 2.24) is 0 Å². The number of Topliss-reactive ketones (excluding diaryl/α,β-unsaturated/α-hetero) is 1. The number of hydrogen-bond donors (Lipinski definition) is 2. The summed E-state index contributed by atoms with van der Waals surface area (Å²) in [7, 11) is 0. The van der Waals surface area contributed by atoms with Crippen LogP contribution in [0, 0.1) is 4.91 Å². The normalized spacial score (nSPS) is 11.5. The van der Waals surface area contributed by atoms with Crippen LogP contribution in [0.4, 0.5) is 0 Å². The molecule has 0 rings (SSSR count). The fourth-order valence-corrected chi connectivity index (χ4v) is 0.848. The van der Waals surface area contributed by atoms with Crippen molar-refractivity contribution in [2.45, 2.75) is 33.7 Å². The highest BCUT2D eigenvalue weighted by Crippen LogP contribution is 2.04. The molecule has 0 bridgehead atoms. The number of nitrogens with two attached hydrogens (primary N) is 1. The van der Waals surface area contributed by atoms with Gasteiger partial charge in [-0.05, 0) is 32.9 Å². The number of allylic oxidation sites excluding steroid dienone is 1. The van der Waals surface area contributed by atoms with Crippen molar-refractivity contribution >= 4 is 30.1 Å². The van der Waals surface area contributed by atoms with Crippen LogP contribution < -0.4 is 5.73 Å². The van der Waals surface area contributed by atoms with Crippen LogP contribution in [0.2, 0.25) is 0 Å². The molecule has 0 saturated heterocycles. The molecule has 0 amide bonds. The lowest BCUT2D eigenvalue weighted by atomic mass is 10.2. The summed E-state index contributed by atoms with van der Waals surface area (Å²) in [5.74, 6) is -2.37. The Labute approximate surface area is 134 Å². The second kappa shape index (κ2) is 14.0. The van der Waals surface area contributed by atoms with E-state index < -0.39 is 29.4 Å². The van der Waals surface area contributed by atoms with E-state index in [4.69, 9.17) is 10.8 Å². The van der Waals surface area contributed by atoms with Crippen molar-refractivity contribution < 1.29 is 29.0 Å². The van der Waals surface area contributed by atoms with Crippen molar-refractivity contribution in [2.75, 3.05) is 13.2 Å². The maximum Gasteiger partial charge on any atom is 0.364 e. The molecule has 0 aromatic rings. The largest absolute Gasteiger partial charge is 0.510 e. The van der Waals surface area contributed by atoms with Crippen LogP contribution in [-0.2, 0) is 23.9 Å². The van der Waals surface area contributed by atoms with Crippen molar-refractivity contribution in [3.63, 3.8) is 0 Å². The number of hydrogen-bond acceptors (Lipinski definition) is 9. The molecule has 0 aliphatic carbocycles. The van der Waals surface area contributed by atoms with Gasteiger partial charge in [0.2, 0.25) is 5.70 Å². The first-order chi connectivity index (χ1) is 9.72. The fraction of sp³-hybridized carbons (Fsp3) is 0.583. The topological polar surface area (TPSA) is 145 Å². The number of aliphatic hydroxyl groups is 1. The Hall–Kier alpha value is -2.00. The molecule has 0 spiro atoms. The molecule has 128 valence electrons.